The molecule has 0 aliphatic carbocycles. The van der Waals surface area contributed by atoms with Gasteiger partial charge >= 0.3 is 0 Å². The summed E-state index contributed by atoms with van der Waals surface area (Å²) < 4.78 is 15.7. The summed E-state index contributed by atoms with van der Waals surface area (Å²) in [5.74, 6) is -0.0552. The monoisotopic (exact) mass is 384 g/mol. The number of rotatable bonds is 4. The predicted molar refractivity (Wildman–Crippen MR) is 106 cm³/mol. The number of amides is 1. The van der Waals surface area contributed by atoms with Gasteiger partial charge in [-0.2, -0.15) is 5.10 Å². The van der Waals surface area contributed by atoms with Gasteiger partial charge in [0, 0.05) is 36.9 Å². The van der Waals surface area contributed by atoms with E-state index in [1.807, 2.05) is 29.9 Å². The van der Waals surface area contributed by atoms with Gasteiger partial charge in [0.25, 0.3) is 0 Å². The van der Waals surface area contributed by atoms with Crippen molar-refractivity contribution in [2.24, 2.45) is 5.92 Å². The van der Waals surface area contributed by atoms with Crippen LogP contribution in [-0.4, -0.2) is 45.8 Å². The summed E-state index contributed by atoms with van der Waals surface area (Å²) in [6.07, 6.45) is 8.11. The molecular weight excluding hydrogens is 355 g/mol. The van der Waals surface area contributed by atoms with E-state index in [-0.39, 0.29) is 35.6 Å². The molecule has 2 aliphatic rings. The second kappa shape index (κ2) is 8.43. The minimum Gasteiger partial charge on any atom is -0.337 e. The second-order valence-electron chi connectivity index (χ2n) is 8.18. The molecule has 4 rings (SSSR count). The van der Waals surface area contributed by atoms with Crippen molar-refractivity contribution in [1.82, 2.24) is 20.0 Å². The van der Waals surface area contributed by atoms with Crippen molar-refractivity contribution in [3.63, 3.8) is 0 Å². The molecular formula is C22H29FN4O. The Kier molecular flexibility index (Phi) is 5.76. The SMILES string of the molecule is C[C@@H](Cn1cccn1)C(=O)N1C[C@@H](c2cccc(F)c2)[C@@H]2NCCCCC[C@H]21. The van der Waals surface area contributed by atoms with E-state index < -0.39 is 0 Å². The lowest BCUT2D eigenvalue weighted by molar-refractivity contribution is -0.136. The Morgan fingerprint density at radius 2 is 2.21 bits per heavy atom. The predicted octanol–water partition coefficient (Wildman–Crippen LogP) is 3.19. The molecule has 0 bridgehead atoms. The lowest BCUT2D eigenvalue weighted by Gasteiger charge is -2.32. The Hall–Kier alpha value is -2.21. The number of likely N-dealkylation sites (tertiary alicyclic amines) is 1. The number of fused-ring (bicyclic) bond motifs is 1. The van der Waals surface area contributed by atoms with Crippen molar-refractivity contribution in [2.75, 3.05) is 13.1 Å². The molecule has 2 saturated heterocycles. The first-order valence-electron chi connectivity index (χ1n) is 10.4. The largest absolute Gasteiger partial charge is 0.337 e. The third-order valence-corrected chi connectivity index (χ3v) is 6.20. The molecule has 2 fully saturated rings. The van der Waals surface area contributed by atoms with E-state index in [4.69, 9.17) is 0 Å². The molecule has 150 valence electrons. The maximum atomic E-state index is 13.9. The van der Waals surface area contributed by atoms with E-state index in [0.29, 0.717) is 13.1 Å². The normalized spacial score (nSPS) is 26.4. The first-order valence-corrected chi connectivity index (χ1v) is 10.4. The van der Waals surface area contributed by atoms with E-state index in [1.165, 1.54) is 12.5 Å². The fourth-order valence-corrected chi connectivity index (χ4v) is 4.81. The fraction of sp³-hybridized carbons (Fsp3) is 0.545. The zero-order chi connectivity index (χ0) is 19.5. The highest BCUT2D eigenvalue weighted by Gasteiger charge is 2.45. The summed E-state index contributed by atoms with van der Waals surface area (Å²) in [5.41, 5.74) is 0.984. The summed E-state index contributed by atoms with van der Waals surface area (Å²) in [5, 5.41) is 7.93. The maximum Gasteiger partial charge on any atom is 0.227 e. The van der Waals surface area contributed by atoms with Crippen LogP contribution in [0.25, 0.3) is 0 Å². The highest BCUT2D eigenvalue weighted by Crippen LogP contribution is 2.36. The minimum absolute atomic E-state index is 0.125. The van der Waals surface area contributed by atoms with Crippen molar-refractivity contribution in [2.45, 2.75) is 57.2 Å². The third-order valence-electron chi connectivity index (χ3n) is 6.20. The Morgan fingerprint density at radius 1 is 1.32 bits per heavy atom. The van der Waals surface area contributed by atoms with Gasteiger partial charge in [0.1, 0.15) is 5.82 Å². The average Bonchev–Trinajstić information content (AvgIpc) is 3.28. The summed E-state index contributed by atoms with van der Waals surface area (Å²) in [6, 6.07) is 9.10. The number of carbonyl (C=O) groups excluding carboxylic acids is 1. The Morgan fingerprint density at radius 3 is 3.00 bits per heavy atom. The number of aromatic nitrogens is 2. The highest BCUT2D eigenvalue weighted by molar-refractivity contribution is 5.79. The van der Waals surface area contributed by atoms with Gasteiger partial charge in [0.15, 0.2) is 0 Å². The van der Waals surface area contributed by atoms with Crippen molar-refractivity contribution in [3.8, 4) is 0 Å². The number of carbonyl (C=O) groups is 1. The van der Waals surface area contributed by atoms with Crippen LogP contribution >= 0.6 is 0 Å². The number of hydrogen-bond acceptors (Lipinski definition) is 3. The smallest absolute Gasteiger partial charge is 0.227 e. The number of nitrogens with one attached hydrogen (secondary N) is 1. The fourth-order valence-electron chi connectivity index (χ4n) is 4.81. The lowest BCUT2D eigenvalue weighted by atomic mass is 9.88. The number of nitrogens with zero attached hydrogens (tertiary/aromatic N) is 3. The van der Waals surface area contributed by atoms with Crippen LogP contribution in [0, 0.1) is 11.7 Å². The number of halogens is 1. The van der Waals surface area contributed by atoms with Gasteiger partial charge in [-0.25, -0.2) is 4.39 Å². The van der Waals surface area contributed by atoms with Crippen LogP contribution in [0.1, 0.15) is 44.1 Å². The van der Waals surface area contributed by atoms with Crippen LogP contribution in [0.3, 0.4) is 0 Å². The van der Waals surface area contributed by atoms with Crippen LogP contribution in [0.4, 0.5) is 4.39 Å². The van der Waals surface area contributed by atoms with E-state index >= 15 is 0 Å². The van der Waals surface area contributed by atoms with Crippen molar-refractivity contribution < 1.29 is 9.18 Å². The zero-order valence-corrected chi connectivity index (χ0v) is 16.4. The molecule has 5 nitrogen and oxygen atoms in total. The Labute approximate surface area is 165 Å². The van der Waals surface area contributed by atoms with Crippen LogP contribution in [0.15, 0.2) is 42.7 Å². The number of hydrogen-bond donors (Lipinski definition) is 1. The molecule has 6 heteroatoms. The molecule has 1 N–H and O–H groups in total. The van der Waals surface area contributed by atoms with Gasteiger partial charge in [-0.05, 0) is 43.1 Å². The lowest BCUT2D eigenvalue weighted by Crippen LogP contribution is -2.48. The molecule has 2 aromatic rings. The molecule has 3 heterocycles. The minimum atomic E-state index is -0.211. The topological polar surface area (TPSA) is 50.2 Å². The maximum absolute atomic E-state index is 13.9. The molecule has 0 radical (unpaired) electrons. The summed E-state index contributed by atoms with van der Waals surface area (Å²) in [4.78, 5) is 15.4. The van der Waals surface area contributed by atoms with Gasteiger partial charge in [-0.15, -0.1) is 0 Å². The molecule has 28 heavy (non-hydrogen) atoms. The average molecular weight is 384 g/mol. The van der Waals surface area contributed by atoms with Gasteiger partial charge < -0.3 is 10.2 Å². The molecule has 1 aromatic carbocycles. The van der Waals surface area contributed by atoms with E-state index in [9.17, 15) is 9.18 Å². The first-order chi connectivity index (χ1) is 13.6. The molecule has 2 aliphatic heterocycles. The van der Waals surface area contributed by atoms with Crippen LogP contribution in [-0.2, 0) is 11.3 Å². The highest BCUT2D eigenvalue weighted by atomic mass is 19.1. The molecule has 1 amide bonds. The van der Waals surface area contributed by atoms with Crippen molar-refractivity contribution in [3.05, 3.63) is 54.1 Å². The van der Waals surface area contributed by atoms with E-state index in [1.54, 1.807) is 18.3 Å². The van der Waals surface area contributed by atoms with Crippen LogP contribution in [0.5, 0.6) is 0 Å². The third kappa shape index (κ3) is 3.97. The van der Waals surface area contributed by atoms with Crippen LogP contribution < -0.4 is 5.32 Å². The Balaban J connectivity index is 1.57. The molecule has 1 aromatic heterocycles. The summed E-state index contributed by atoms with van der Waals surface area (Å²) in [7, 11) is 0. The summed E-state index contributed by atoms with van der Waals surface area (Å²) in [6.45, 7) is 4.16. The Bertz CT molecular complexity index is 794. The van der Waals surface area contributed by atoms with Gasteiger partial charge in [0.2, 0.25) is 5.91 Å². The molecule has 0 spiro atoms. The molecule has 0 unspecified atom stereocenters. The molecule has 0 saturated carbocycles. The zero-order valence-electron chi connectivity index (χ0n) is 16.4. The van der Waals surface area contributed by atoms with Gasteiger partial charge in [-0.3, -0.25) is 9.48 Å². The quantitative estimate of drug-likeness (QED) is 0.881. The van der Waals surface area contributed by atoms with Gasteiger partial charge in [-0.1, -0.05) is 31.9 Å². The van der Waals surface area contributed by atoms with Crippen molar-refractivity contribution >= 4 is 5.91 Å². The second-order valence-corrected chi connectivity index (χ2v) is 8.18. The van der Waals surface area contributed by atoms with Crippen molar-refractivity contribution in [1.29, 1.82) is 0 Å². The van der Waals surface area contributed by atoms with Gasteiger partial charge in [0.05, 0.1) is 12.5 Å². The number of benzene rings is 1. The standard InChI is InChI=1S/C22H29FN4O/c1-16(14-26-12-6-11-25-26)22(28)27-15-19(17-7-5-8-18(23)13-17)21-20(27)9-3-2-4-10-24-21/h5-8,11-13,16,19-21,24H,2-4,9-10,14-15H2,1H3/t16-,19-,20+,21-/m0/s1. The summed E-state index contributed by atoms with van der Waals surface area (Å²) >= 11 is 0. The van der Waals surface area contributed by atoms with E-state index in [0.717, 1.165) is 31.4 Å². The molecule has 4 atom stereocenters. The van der Waals surface area contributed by atoms with E-state index in [2.05, 4.69) is 15.3 Å². The first kappa shape index (κ1) is 19.1. The van der Waals surface area contributed by atoms with Crippen LogP contribution in [0.2, 0.25) is 0 Å².